The third-order valence-electron chi connectivity index (χ3n) is 4.70. The molecule has 2 heterocycles. The number of hydrogen-bond acceptors (Lipinski definition) is 4. The Balaban J connectivity index is 0.00000208. The summed E-state index contributed by atoms with van der Waals surface area (Å²) in [5.74, 6) is -0.0486. The fraction of sp³-hybridized carbons (Fsp3) is 0.562. The van der Waals surface area contributed by atoms with Crippen LogP contribution in [0.25, 0.3) is 0 Å². The minimum atomic E-state index is -3.53. The highest BCUT2D eigenvalue weighted by atomic mass is 35.5. The molecule has 8 heteroatoms. The van der Waals surface area contributed by atoms with Gasteiger partial charge in [-0.05, 0) is 44.0 Å². The summed E-state index contributed by atoms with van der Waals surface area (Å²) in [6, 6.07) is 5.18. The smallest absolute Gasteiger partial charge is 0.243 e. The molecule has 1 unspecified atom stereocenters. The van der Waals surface area contributed by atoms with Gasteiger partial charge in [-0.1, -0.05) is 6.07 Å². The van der Waals surface area contributed by atoms with E-state index in [1.165, 1.54) is 6.92 Å². The van der Waals surface area contributed by atoms with Gasteiger partial charge >= 0.3 is 0 Å². The van der Waals surface area contributed by atoms with Gasteiger partial charge in [-0.2, -0.15) is 4.31 Å². The van der Waals surface area contributed by atoms with Gasteiger partial charge in [-0.3, -0.25) is 4.79 Å². The van der Waals surface area contributed by atoms with Crippen molar-refractivity contribution in [3.63, 3.8) is 0 Å². The zero-order valence-electron chi connectivity index (χ0n) is 14.0. The van der Waals surface area contributed by atoms with E-state index < -0.39 is 10.0 Å². The number of carbonyl (C=O) groups excluding carboxylic acids is 1. The molecule has 1 N–H and O–H groups in total. The fourth-order valence-corrected chi connectivity index (χ4v) is 5.26. The van der Waals surface area contributed by atoms with Gasteiger partial charge in [0, 0.05) is 38.3 Å². The highest BCUT2D eigenvalue weighted by Gasteiger charge is 2.35. The number of nitrogens with zero attached hydrogens (tertiary/aromatic N) is 2. The molecule has 134 valence electrons. The second-order valence-electron chi connectivity index (χ2n) is 6.18. The van der Waals surface area contributed by atoms with Crippen molar-refractivity contribution in [2.45, 2.75) is 37.1 Å². The van der Waals surface area contributed by atoms with E-state index in [2.05, 4.69) is 5.32 Å². The Morgan fingerprint density at radius 2 is 2.08 bits per heavy atom. The van der Waals surface area contributed by atoms with E-state index in [0.717, 1.165) is 30.5 Å². The number of rotatable bonds is 4. The summed E-state index contributed by atoms with van der Waals surface area (Å²) < 4.78 is 27.6. The van der Waals surface area contributed by atoms with Crippen molar-refractivity contribution >= 4 is 34.0 Å². The maximum Gasteiger partial charge on any atom is 0.243 e. The lowest BCUT2D eigenvalue weighted by molar-refractivity contribution is -0.116. The van der Waals surface area contributed by atoms with Crippen LogP contribution in [0.4, 0.5) is 5.69 Å². The standard InChI is InChI=1S/C16H23N3O3S.ClH/c1-12(20)18-9-7-13-5-6-15(10-16(13)18)23(21,22)19-8-3-4-14(19)11-17-2;/h5-6,10,14,17H,3-4,7-9,11H2,1-2H3;1H. The van der Waals surface area contributed by atoms with Crippen molar-refractivity contribution < 1.29 is 13.2 Å². The van der Waals surface area contributed by atoms with Crippen molar-refractivity contribution in [3.8, 4) is 0 Å². The summed E-state index contributed by atoms with van der Waals surface area (Å²) in [7, 11) is -1.69. The van der Waals surface area contributed by atoms with Crippen LogP contribution in [0.3, 0.4) is 0 Å². The highest BCUT2D eigenvalue weighted by Crippen LogP contribution is 2.33. The third-order valence-corrected chi connectivity index (χ3v) is 6.65. The van der Waals surface area contributed by atoms with E-state index in [0.29, 0.717) is 19.6 Å². The first-order valence-corrected chi connectivity index (χ1v) is 9.46. The van der Waals surface area contributed by atoms with Crippen LogP contribution in [-0.2, 0) is 21.2 Å². The highest BCUT2D eigenvalue weighted by molar-refractivity contribution is 7.89. The van der Waals surface area contributed by atoms with Crippen LogP contribution >= 0.6 is 12.4 Å². The largest absolute Gasteiger partial charge is 0.318 e. The number of nitrogens with one attached hydrogen (secondary N) is 1. The van der Waals surface area contributed by atoms with Gasteiger partial charge in [0.25, 0.3) is 0 Å². The Hall–Kier alpha value is -1.15. The molecular weight excluding hydrogens is 350 g/mol. The predicted molar refractivity (Wildman–Crippen MR) is 96.3 cm³/mol. The minimum absolute atomic E-state index is 0. The number of benzene rings is 1. The SMILES string of the molecule is CNCC1CCCN1S(=O)(=O)c1ccc2c(c1)N(C(C)=O)CC2.Cl. The summed E-state index contributed by atoms with van der Waals surface area (Å²) in [4.78, 5) is 13.7. The zero-order valence-corrected chi connectivity index (χ0v) is 15.6. The van der Waals surface area contributed by atoms with E-state index >= 15 is 0 Å². The second kappa shape index (κ2) is 7.39. The van der Waals surface area contributed by atoms with Crippen LogP contribution in [0.1, 0.15) is 25.3 Å². The lowest BCUT2D eigenvalue weighted by Gasteiger charge is -2.24. The zero-order chi connectivity index (χ0) is 16.6. The topological polar surface area (TPSA) is 69.7 Å². The number of sulfonamides is 1. The van der Waals surface area contributed by atoms with Crippen LogP contribution in [-0.4, -0.2) is 51.4 Å². The lowest BCUT2D eigenvalue weighted by Crippen LogP contribution is -2.40. The summed E-state index contributed by atoms with van der Waals surface area (Å²) in [6.45, 7) is 3.35. The Bertz CT molecular complexity index is 723. The van der Waals surface area contributed by atoms with Gasteiger partial charge in [0.15, 0.2) is 0 Å². The molecule has 0 bridgehead atoms. The summed E-state index contributed by atoms with van der Waals surface area (Å²) >= 11 is 0. The molecular formula is C16H24ClN3O3S. The maximum absolute atomic E-state index is 13.0. The number of likely N-dealkylation sites (N-methyl/N-ethyl adjacent to an activating group) is 1. The fourth-order valence-electron chi connectivity index (χ4n) is 3.55. The van der Waals surface area contributed by atoms with Crippen molar-refractivity contribution in [1.29, 1.82) is 0 Å². The van der Waals surface area contributed by atoms with Gasteiger partial charge in [0.2, 0.25) is 15.9 Å². The van der Waals surface area contributed by atoms with Gasteiger partial charge in [-0.25, -0.2) is 8.42 Å². The molecule has 3 rings (SSSR count). The molecule has 0 aromatic heterocycles. The molecule has 2 aliphatic heterocycles. The average molecular weight is 374 g/mol. The number of fused-ring (bicyclic) bond motifs is 1. The Morgan fingerprint density at radius 3 is 2.75 bits per heavy atom. The van der Waals surface area contributed by atoms with E-state index in [9.17, 15) is 13.2 Å². The Kier molecular flexibility index (Phi) is 5.91. The van der Waals surface area contributed by atoms with Crippen molar-refractivity contribution in [2.24, 2.45) is 0 Å². The molecule has 0 saturated carbocycles. The Labute approximate surface area is 149 Å². The quantitative estimate of drug-likeness (QED) is 0.865. The van der Waals surface area contributed by atoms with Crippen LogP contribution in [0.5, 0.6) is 0 Å². The molecule has 1 aromatic carbocycles. The van der Waals surface area contributed by atoms with E-state index in [1.54, 1.807) is 21.3 Å². The average Bonchev–Trinajstić information content (AvgIpc) is 3.13. The number of anilines is 1. The first-order valence-electron chi connectivity index (χ1n) is 8.02. The predicted octanol–water partition coefficient (Wildman–Crippen LogP) is 1.39. The van der Waals surface area contributed by atoms with Crippen LogP contribution < -0.4 is 10.2 Å². The molecule has 1 aromatic rings. The maximum atomic E-state index is 13.0. The molecule has 0 radical (unpaired) electrons. The van der Waals surface area contributed by atoms with Crippen molar-refractivity contribution in [1.82, 2.24) is 9.62 Å². The molecule has 0 spiro atoms. The summed E-state index contributed by atoms with van der Waals surface area (Å²) in [6.07, 6.45) is 2.54. The van der Waals surface area contributed by atoms with Crippen LogP contribution in [0, 0.1) is 0 Å². The monoisotopic (exact) mass is 373 g/mol. The molecule has 6 nitrogen and oxygen atoms in total. The number of halogens is 1. The van der Waals surface area contributed by atoms with Gasteiger partial charge in [0.05, 0.1) is 4.90 Å². The summed E-state index contributed by atoms with van der Waals surface area (Å²) in [5.41, 5.74) is 1.77. The van der Waals surface area contributed by atoms with Gasteiger partial charge < -0.3 is 10.2 Å². The third kappa shape index (κ3) is 3.31. The first kappa shape index (κ1) is 19.2. The molecule has 0 aliphatic carbocycles. The second-order valence-corrected chi connectivity index (χ2v) is 8.07. The Morgan fingerprint density at radius 1 is 1.33 bits per heavy atom. The number of hydrogen-bond donors (Lipinski definition) is 1. The molecule has 24 heavy (non-hydrogen) atoms. The number of carbonyl (C=O) groups is 1. The minimum Gasteiger partial charge on any atom is -0.318 e. The van der Waals surface area contributed by atoms with Crippen LogP contribution in [0.2, 0.25) is 0 Å². The molecule has 1 atom stereocenters. The van der Waals surface area contributed by atoms with Gasteiger partial charge in [0.1, 0.15) is 0 Å². The molecule has 1 saturated heterocycles. The first-order chi connectivity index (χ1) is 10.9. The van der Waals surface area contributed by atoms with E-state index in [-0.39, 0.29) is 29.3 Å². The van der Waals surface area contributed by atoms with Crippen LogP contribution in [0.15, 0.2) is 23.1 Å². The molecule has 2 aliphatic rings. The molecule has 1 amide bonds. The summed E-state index contributed by atoms with van der Waals surface area (Å²) in [5, 5.41) is 3.07. The molecule has 1 fully saturated rings. The van der Waals surface area contributed by atoms with Gasteiger partial charge in [-0.15, -0.1) is 12.4 Å². The number of amides is 1. The van der Waals surface area contributed by atoms with E-state index in [4.69, 9.17) is 0 Å². The van der Waals surface area contributed by atoms with Crippen molar-refractivity contribution in [3.05, 3.63) is 23.8 Å². The lowest BCUT2D eigenvalue weighted by atomic mass is 10.2. The van der Waals surface area contributed by atoms with Crippen molar-refractivity contribution in [2.75, 3.05) is 31.6 Å². The normalized spacial score (nSPS) is 20.8. The van der Waals surface area contributed by atoms with E-state index in [1.807, 2.05) is 13.1 Å².